The molecule has 0 saturated heterocycles. The van der Waals surface area contributed by atoms with Gasteiger partial charge in [0.25, 0.3) is 5.91 Å². The van der Waals surface area contributed by atoms with E-state index in [4.69, 9.17) is 14.6 Å². The number of nitrogens with one attached hydrogen (secondary N) is 2. The van der Waals surface area contributed by atoms with Gasteiger partial charge in [-0.25, -0.2) is 4.79 Å². The molecule has 0 fully saturated rings. The molecule has 0 bridgehead atoms. The Bertz CT molecular complexity index is 1450. The Morgan fingerprint density at radius 1 is 0.974 bits per heavy atom. The predicted molar refractivity (Wildman–Crippen MR) is 147 cm³/mol. The Morgan fingerprint density at radius 2 is 1.69 bits per heavy atom. The molecule has 39 heavy (non-hydrogen) atoms. The fraction of sp³-hybridized carbons (Fsp3) is 0.233. The van der Waals surface area contributed by atoms with Crippen LogP contribution in [0.15, 0.2) is 79.0 Å². The summed E-state index contributed by atoms with van der Waals surface area (Å²) in [4.78, 5) is 41.6. The first-order valence-corrected chi connectivity index (χ1v) is 12.5. The molecule has 1 atom stereocenters. The minimum atomic E-state index is -1.04. The van der Waals surface area contributed by atoms with Gasteiger partial charge in [-0.05, 0) is 48.4 Å². The Hall–Kier alpha value is -4.79. The fourth-order valence-electron chi connectivity index (χ4n) is 4.45. The molecule has 0 aliphatic rings. The molecule has 9 heteroatoms. The summed E-state index contributed by atoms with van der Waals surface area (Å²) in [5.74, 6) is -0.465. The van der Waals surface area contributed by atoms with Crippen LogP contribution in [-0.2, 0) is 22.6 Å². The number of benzene rings is 3. The SMILES string of the molecule is COc1ccccc1CN(CC(Cc1c[nH]c2ccccc12)NC(=O)COc1ccc(C(=O)O)cc1)C(C)=O. The number of nitrogens with zero attached hydrogens (tertiary/aromatic N) is 1. The molecular formula is C30H31N3O6. The quantitative estimate of drug-likeness (QED) is 0.255. The summed E-state index contributed by atoms with van der Waals surface area (Å²) in [6.45, 7) is 1.84. The molecule has 9 nitrogen and oxygen atoms in total. The van der Waals surface area contributed by atoms with Gasteiger partial charge in [-0.2, -0.15) is 0 Å². The highest BCUT2D eigenvalue weighted by Crippen LogP contribution is 2.22. The number of carboxylic acid groups (broad SMARTS) is 1. The van der Waals surface area contributed by atoms with Gasteiger partial charge in [-0.1, -0.05) is 36.4 Å². The van der Waals surface area contributed by atoms with Crippen molar-refractivity contribution < 1.29 is 29.0 Å². The number of ether oxygens (including phenoxy) is 2. The number of methoxy groups -OCH3 is 1. The van der Waals surface area contributed by atoms with Gasteiger partial charge in [0.1, 0.15) is 11.5 Å². The Balaban J connectivity index is 1.50. The largest absolute Gasteiger partial charge is 0.496 e. The van der Waals surface area contributed by atoms with Crippen LogP contribution in [0.5, 0.6) is 11.5 Å². The van der Waals surface area contributed by atoms with Gasteiger partial charge in [0.05, 0.1) is 18.7 Å². The molecule has 1 aromatic heterocycles. The number of amides is 2. The van der Waals surface area contributed by atoms with E-state index in [2.05, 4.69) is 10.3 Å². The Kier molecular flexibility index (Phi) is 8.83. The van der Waals surface area contributed by atoms with E-state index in [9.17, 15) is 14.4 Å². The number of H-pyrrole nitrogens is 1. The van der Waals surface area contributed by atoms with Gasteiger partial charge in [-0.3, -0.25) is 9.59 Å². The summed E-state index contributed by atoms with van der Waals surface area (Å²) in [5, 5.41) is 13.1. The maximum absolute atomic E-state index is 12.9. The van der Waals surface area contributed by atoms with Crippen molar-refractivity contribution in [3.05, 3.63) is 95.7 Å². The summed E-state index contributed by atoms with van der Waals surface area (Å²) in [6, 6.07) is 20.9. The van der Waals surface area contributed by atoms with Gasteiger partial charge in [0.2, 0.25) is 5.91 Å². The summed E-state index contributed by atoms with van der Waals surface area (Å²) in [7, 11) is 1.59. The van der Waals surface area contributed by atoms with Crippen LogP contribution in [0, 0.1) is 0 Å². The first kappa shape index (κ1) is 27.3. The molecule has 0 radical (unpaired) electrons. The zero-order valence-electron chi connectivity index (χ0n) is 21.8. The number of carbonyl (C=O) groups is 3. The lowest BCUT2D eigenvalue weighted by atomic mass is 10.0. The van der Waals surface area contributed by atoms with Crippen LogP contribution in [0.1, 0.15) is 28.4 Å². The molecule has 1 heterocycles. The molecule has 4 rings (SSSR count). The van der Waals surface area contributed by atoms with Gasteiger partial charge < -0.3 is 29.8 Å². The average molecular weight is 530 g/mol. The van der Waals surface area contributed by atoms with Crippen LogP contribution in [-0.4, -0.2) is 59.1 Å². The molecule has 0 aliphatic carbocycles. The van der Waals surface area contributed by atoms with Gasteiger partial charge >= 0.3 is 5.97 Å². The number of rotatable bonds is 12. The minimum absolute atomic E-state index is 0.130. The highest BCUT2D eigenvalue weighted by molar-refractivity contribution is 5.87. The van der Waals surface area contributed by atoms with E-state index in [0.717, 1.165) is 22.0 Å². The van der Waals surface area contributed by atoms with E-state index in [0.29, 0.717) is 24.5 Å². The van der Waals surface area contributed by atoms with E-state index in [-0.39, 0.29) is 30.5 Å². The minimum Gasteiger partial charge on any atom is -0.496 e. The maximum Gasteiger partial charge on any atom is 0.335 e. The smallest absolute Gasteiger partial charge is 0.335 e. The molecule has 0 spiro atoms. The topological polar surface area (TPSA) is 121 Å². The third-order valence-corrected chi connectivity index (χ3v) is 6.42. The first-order valence-electron chi connectivity index (χ1n) is 12.5. The van der Waals surface area contributed by atoms with Crippen LogP contribution in [0.25, 0.3) is 10.9 Å². The number of para-hydroxylation sites is 2. The zero-order valence-corrected chi connectivity index (χ0v) is 21.8. The van der Waals surface area contributed by atoms with E-state index in [1.165, 1.54) is 31.2 Å². The molecule has 4 aromatic rings. The zero-order chi connectivity index (χ0) is 27.8. The third-order valence-electron chi connectivity index (χ3n) is 6.42. The lowest BCUT2D eigenvalue weighted by Gasteiger charge is -2.28. The summed E-state index contributed by atoms with van der Waals surface area (Å²) < 4.78 is 11.0. The molecule has 3 aromatic carbocycles. The van der Waals surface area contributed by atoms with Gasteiger partial charge in [0, 0.05) is 42.7 Å². The second-order valence-corrected chi connectivity index (χ2v) is 9.16. The van der Waals surface area contributed by atoms with E-state index < -0.39 is 12.0 Å². The maximum atomic E-state index is 12.9. The van der Waals surface area contributed by atoms with Crippen LogP contribution in [0.4, 0.5) is 0 Å². The lowest BCUT2D eigenvalue weighted by Crippen LogP contribution is -2.47. The van der Waals surface area contributed by atoms with Gasteiger partial charge in [-0.15, -0.1) is 0 Å². The summed E-state index contributed by atoms with van der Waals surface area (Å²) in [5.41, 5.74) is 3.00. The van der Waals surface area contributed by atoms with Crippen LogP contribution < -0.4 is 14.8 Å². The summed E-state index contributed by atoms with van der Waals surface area (Å²) >= 11 is 0. The number of hydrogen-bond donors (Lipinski definition) is 3. The van der Waals surface area contributed by atoms with Crippen molar-refractivity contribution in [2.75, 3.05) is 20.3 Å². The molecule has 2 amide bonds. The highest BCUT2D eigenvalue weighted by atomic mass is 16.5. The van der Waals surface area contributed by atoms with E-state index in [1.54, 1.807) is 12.0 Å². The number of aromatic carboxylic acids is 1. The standard InChI is InChI=1S/C30H31N3O6/c1-20(34)33(17-22-7-3-6-10-28(22)38-2)18-24(15-23-16-31-27-9-5-4-8-26(23)27)32-29(35)19-39-25-13-11-21(12-14-25)30(36)37/h3-14,16,24,31H,15,17-19H2,1-2H3,(H,32,35)(H,36,37). The van der Waals surface area contributed by atoms with Crippen molar-refractivity contribution in [2.45, 2.75) is 25.9 Å². The number of fused-ring (bicyclic) bond motifs is 1. The lowest BCUT2D eigenvalue weighted by molar-refractivity contribution is -0.131. The Labute approximate surface area is 226 Å². The van der Waals surface area contributed by atoms with E-state index >= 15 is 0 Å². The fourth-order valence-corrected chi connectivity index (χ4v) is 4.45. The molecule has 202 valence electrons. The molecule has 0 aliphatic heterocycles. The molecule has 0 saturated carbocycles. The number of hydrogen-bond acceptors (Lipinski definition) is 5. The number of carbonyl (C=O) groups excluding carboxylic acids is 2. The first-order chi connectivity index (χ1) is 18.8. The molecular weight excluding hydrogens is 498 g/mol. The van der Waals surface area contributed by atoms with Crippen LogP contribution >= 0.6 is 0 Å². The number of aromatic amines is 1. The van der Waals surface area contributed by atoms with Crippen molar-refractivity contribution >= 4 is 28.7 Å². The van der Waals surface area contributed by atoms with Crippen LogP contribution in [0.3, 0.4) is 0 Å². The number of aromatic nitrogens is 1. The molecule has 1 unspecified atom stereocenters. The van der Waals surface area contributed by atoms with Crippen molar-refractivity contribution in [3.63, 3.8) is 0 Å². The second kappa shape index (κ2) is 12.6. The highest BCUT2D eigenvalue weighted by Gasteiger charge is 2.22. The van der Waals surface area contributed by atoms with Crippen molar-refractivity contribution in [1.82, 2.24) is 15.2 Å². The monoisotopic (exact) mass is 529 g/mol. The predicted octanol–water partition coefficient (Wildman–Crippen LogP) is 4.03. The normalized spacial score (nSPS) is 11.5. The third kappa shape index (κ3) is 7.16. The van der Waals surface area contributed by atoms with E-state index in [1.807, 2.05) is 54.7 Å². The Morgan fingerprint density at radius 3 is 2.41 bits per heavy atom. The van der Waals surface area contributed by atoms with Crippen molar-refractivity contribution in [3.8, 4) is 11.5 Å². The van der Waals surface area contributed by atoms with Crippen molar-refractivity contribution in [2.24, 2.45) is 0 Å². The van der Waals surface area contributed by atoms with Crippen molar-refractivity contribution in [1.29, 1.82) is 0 Å². The molecule has 3 N–H and O–H groups in total. The van der Waals surface area contributed by atoms with Crippen LogP contribution in [0.2, 0.25) is 0 Å². The second-order valence-electron chi connectivity index (χ2n) is 9.16. The average Bonchev–Trinajstić information content (AvgIpc) is 3.34. The summed E-state index contributed by atoms with van der Waals surface area (Å²) in [6.07, 6.45) is 2.40. The van der Waals surface area contributed by atoms with Gasteiger partial charge in [0.15, 0.2) is 6.61 Å². The number of carboxylic acids is 1.